The Balaban J connectivity index is 3.27. The number of aliphatic hydroxyl groups is 2. The molecule has 1 aliphatic carbocycles. The fraction of sp³-hybridized carbons (Fsp3) is 0.762. The van der Waals surface area contributed by atoms with Gasteiger partial charge in [-0.15, -0.1) is 0 Å². The number of hydrogen-bond donors (Lipinski definition) is 2. The average Bonchev–Trinajstić information content (AvgIpc) is 2.72. The van der Waals surface area contributed by atoms with E-state index in [1.807, 2.05) is 41.5 Å². The summed E-state index contributed by atoms with van der Waals surface area (Å²) in [5, 5.41) is 22.2. The second-order valence-corrected chi connectivity index (χ2v) is 8.82. The van der Waals surface area contributed by atoms with E-state index in [1.54, 1.807) is 0 Å². The van der Waals surface area contributed by atoms with E-state index in [0.717, 1.165) is 6.08 Å². The van der Waals surface area contributed by atoms with Crippen molar-refractivity contribution in [2.45, 2.75) is 84.8 Å². The number of rotatable bonds is 10. The molecule has 26 heavy (non-hydrogen) atoms. The highest BCUT2D eigenvalue weighted by Gasteiger charge is 2.62. The Morgan fingerprint density at radius 3 is 1.96 bits per heavy atom. The maximum absolute atomic E-state index is 12.9. The Hall–Kier alpha value is -1.33. The molecule has 0 radical (unpaired) electrons. The van der Waals surface area contributed by atoms with Crippen LogP contribution in [-0.2, 0) is 14.4 Å². The van der Waals surface area contributed by atoms with E-state index in [9.17, 15) is 24.6 Å². The molecule has 5 nitrogen and oxygen atoms in total. The van der Waals surface area contributed by atoms with E-state index in [4.69, 9.17) is 0 Å². The van der Waals surface area contributed by atoms with Crippen molar-refractivity contribution in [1.82, 2.24) is 0 Å². The van der Waals surface area contributed by atoms with Crippen LogP contribution in [0.2, 0.25) is 0 Å². The predicted molar refractivity (Wildman–Crippen MR) is 101 cm³/mol. The lowest BCUT2D eigenvalue weighted by atomic mass is 9.75. The van der Waals surface area contributed by atoms with Crippen LogP contribution in [0.25, 0.3) is 0 Å². The predicted octanol–water partition coefficient (Wildman–Crippen LogP) is 3.01. The fourth-order valence-electron chi connectivity index (χ4n) is 3.20. The molecule has 1 rings (SSSR count). The Labute approximate surface area is 156 Å². The van der Waals surface area contributed by atoms with Gasteiger partial charge < -0.3 is 10.2 Å². The van der Waals surface area contributed by atoms with Crippen LogP contribution < -0.4 is 0 Å². The standard InChI is InChI=1S/C21H34O5/c1-13(2)7-8-18(23)21(26)12-16(17(22)11-15(5)6)19(24)20(21,25)10-9-14(3)4/h12-15,25-26H,7-11H2,1-6H3. The number of hydrogen-bond acceptors (Lipinski definition) is 5. The van der Waals surface area contributed by atoms with Crippen LogP contribution in [-0.4, -0.2) is 38.8 Å². The van der Waals surface area contributed by atoms with Gasteiger partial charge in [-0.25, -0.2) is 0 Å². The van der Waals surface area contributed by atoms with Gasteiger partial charge in [0.25, 0.3) is 0 Å². The quantitative estimate of drug-likeness (QED) is 0.580. The van der Waals surface area contributed by atoms with Gasteiger partial charge in [-0.3, -0.25) is 14.4 Å². The van der Waals surface area contributed by atoms with Crippen LogP contribution >= 0.6 is 0 Å². The molecule has 148 valence electrons. The van der Waals surface area contributed by atoms with Crippen molar-refractivity contribution in [3.63, 3.8) is 0 Å². The van der Waals surface area contributed by atoms with Crippen molar-refractivity contribution in [1.29, 1.82) is 0 Å². The first-order valence-corrected chi connectivity index (χ1v) is 9.64. The molecule has 0 saturated carbocycles. The fourth-order valence-corrected chi connectivity index (χ4v) is 3.20. The van der Waals surface area contributed by atoms with Gasteiger partial charge in [0.1, 0.15) is 0 Å². The highest BCUT2D eigenvalue weighted by atomic mass is 16.4. The zero-order chi connectivity index (χ0) is 20.3. The van der Waals surface area contributed by atoms with E-state index in [2.05, 4.69) is 0 Å². The summed E-state index contributed by atoms with van der Waals surface area (Å²) in [6, 6.07) is 0. The summed E-state index contributed by atoms with van der Waals surface area (Å²) in [6.07, 6.45) is 2.16. The van der Waals surface area contributed by atoms with Gasteiger partial charge in [-0.05, 0) is 43.1 Å². The zero-order valence-electron chi connectivity index (χ0n) is 17.0. The van der Waals surface area contributed by atoms with Gasteiger partial charge in [-0.1, -0.05) is 41.5 Å². The maximum atomic E-state index is 12.9. The van der Waals surface area contributed by atoms with Crippen LogP contribution in [0.15, 0.2) is 11.6 Å². The molecule has 0 heterocycles. The third-order valence-electron chi connectivity index (χ3n) is 4.96. The molecule has 0 fully saturated rings. The van der Waals surface area contributed by atoms with E-state index < -0.39 is 28.6 Å². The second kappa shape index (κ2) is 8.57. The normalized spacial score (nSPS) is 26.1. The first kappa shape index (κ1) is 22.7. The molecule has 5 heteroatoms. The van der Waals surface area contributed by atoms with Crippen LogP contribution in [0.5, 0.6) is 0 Å². The van der Waals surface area contributed by atoms with Gasteiger partial charge in [0.2, 0.25) is 5.78 Å². The number of carbonyl (C=O) groups is 3. The molecule has 0 bridgehead atoms. The van der Waals surface area contributed by atoms with Gasteiger partial charge in [-0.2, -0.15) is 0 Å². The minimum absolute atomic E-state index is 0.0327. The molecule has 0 spiro atoms. The van der Waals surface area contributed by atoms with E-state index >= 15 is 0 Å². The summed E-state index contributed by atoms with van der Waals surface area (Å²) < 4.78 is 0. The van der Waals surface area contributed by atoms with Crippen LogP contribution in [0.3, 0.4) is 0 Å². The average molecular weight is 366 g/mol. The SMILES string of the molecule is CC(C)CCC(=O)C1(O)C=C(C(=O)CC(C)C)C(=O)C1(O)CCC(C)C. The minimum atomic E-state index is -2.32. The molecule has 2 N–H and O–H groups in total. The molecular weight excluding hydrogens is 332 g/mol. The topological polar surface area (TPSA) is 91.7 Å². The minimum Gasteiger partial charge on any atom is -0.378 e. The molecule has 2 unspecified atom stereocenters. The number of ketones is 3. The summed E-state index contributed by atoms with van der Waals surface area (Å²) >= 11 is 0. The van der Waals surface area contributed by atoms with Crippen LogP contribution in [0.4, 0.5) is 0 Å². The van der Waals surface area contributed by atoms with Crippen LogP contribution in [0.1, 0.15) is 73.6 Å². The lowest BCUT2D eigenvalue weighted by Crippen LogP contribution is -2.59. The lowest BCUT2D eigenvalue weighted by Gasteiger charge is -2.35. The molecule has 0 amide bonds. The molecule has 0 saturated heterocycles. The van der Waals surface area contributed by atoms with Crippen LogP contribution in [0, 0.1) is 17.8 Å². The van der Waals surface area contributed by atoms with Crippen molar-refractivity contribution < 1.29 is 24.6 Å². The van der Waals surface area contributed by atoms with Crippen molar-refractivity contribution in [3.05, 3.63) is 11.6 Å². The Bertz CT molecular complexity index is 587. The maximum Gasteiger partial charge on any atom is 0.201 e. The number of carbonyl (C=O) groups excluding carboxylic acids is 3. The Morgan fingerprint density at radius 1 is 0.962 bits per heavy atom. The molecule has 0 aromatic carbocycles. The molecule has 0 aromatic heterocycles. The van der Waals surface area contributed by atoms with Crippen molar-refractivity contribution in [3.8, 4) is 0 Å². The summed E-state index contributed by atoms with van der Waals surface area (Å²) in [5.41, 5.74) is -4.81. The smallest absolute Gasteiger partial charge is 0.201 e. The van der Waals surface area contributed by atoms with Gasteiger partial charge >= 0.3 is 0 Å². The van der Waals surface area contributed by atoms with Gasteiger partial charge in [0.05, 0.1) is 5.57 Å². The Kier molecular flexibility index (Phi) is 7.49. The molecule has 0 aromatic rings. The third kappa shape index (κ3) is 4.68. The van der Waals surface area contributed by atoms with Crippen molar-refractivity contribution >= 4 is 17.3 Å². The van der Waals surface area contributed by atoms with E-state index in [0.29, 0.717) is 12.8 Å². The summed E-state index contributed by atoms with van der Waals surface area (Å²) in [5.74, 6) is -1.39. The van der Waals surface area contributed by atoms with E-state index in [1.165, 1.54) is 0 Å². The molecule has 2 atom stereocenters. The van der Waals surface area contributed by atoms with Crippen molar-refractivity contribution in [2.75, 3.05) is 0 Å². The first-order chi connectivity index (χ1) is 11.8. The van der Waals surface area contributed by atoms with Gasteiger partial charge in [0, 0.05) is 12.8 Å². The molecule has 0 aliphatic heterocycles. The second-order valence-electron chi connectivity index (χ2n) is 8.82. The molecule has 1 aliphatic rings. The van der Waals surface area contributed by atoms with Crippen molar-refractivity contribution in [2.24, 2.45) is 17.8 Å². The highest BCUT2D eigenvalue weighted by molar-refractivity contribution is 6.27. The highest BCUT2D eigenvalue weighted by Crippen LogP contribution is 2.41. The summed E-state index contributed by atoms with van der Waals surface area (Å²) in [6.45, 7) is 11.5. The Morgan fingerprint density at radius 2 is 1.50 bits per heavy atom. The molecular formula is C21H34O5. The lowest BCUT2D eigenvalue weighted by molar-refractivity contribution is -0.168. The monoisotopic (exact) mass is 366 g/mol. The third-order valence-corrected chi connectivity index (χ3v) is 4.96. The zero-order valence-corrected chi connectivity index (χ0v) is 17.0. The largest absolute Gasteiger partial charge is 0.378 e. The first-order valence-electron chi connectivity index (χ1n) is 9.64. The van der Waals surface area contributed by atoms with Gasteiger partial charge in [0.15, 0.2) is 22.8 Å². The van der Waals surface area contributed by atoms with E-state index in [-0.39, 0.29) is 42.6 Å². The summed E-state index contributed by atoms with van der Waals surface area (Å²) in [7, 11) is 0. The summed E-state index contributed by atoms with van der Waals surface area (Å²) in [4.78, 5) is 38.1. The number of Topliss-reactive ketones (excluding diaryl/α,β-unsaturated/α-hetero) is 3.